The molecular weight excluding hydrogens is 344 g/mol. The lowest BCUT2D eigenvalue weighted by atomic mass is 10.2. The van der Waals surface area contributed by atoms with Gasteiger partial charge in [-0.15, -0.1) is 11.8 Å². The summed E-state index contributed by atoms with van der Waals surface area (Å²) in [6.07, 6.45) is 0.676. The summed E-state index contributed by atoms with van der Waals surface area (Å²) in [6, 6.07) is 4.33. The summed E-state index contributed by atoms with van der Waals surface area (Å²) in [5.41, 5.74) is 0.0309. The van der Waals surface area contributed by atoms with E-state index >= 15 is 0 Å². The van der Waals surface area contributed by atoms with E-state index in [0.29, 0.717) is 10.8 Å². The van der Waals surface area contributed by atoms with Gasteiger partial charge in [-0.25, -0.2) is 0 Å². The van der Waals surface area contributed by atoms with E-state index in [9.17, 15) is 19.7 Å². The molecule has 1 rings (SSSR count). The highest BCUT2D eigenvalue weighted by Gasteiger charge is 2.18. The molecule has 0 unspecified atom stereocenters. The van der Waals surface area contributed by atoms with Gasteiger partial charge >= 0.3 is 5.97 Å². The number of amides is 1. The predicted octanol–water partition coefficient (Wildman–Crippen LogP) is 3.41. The van der Waals surface area contributed by atoms with Gasteiger partial charge in [0.2, 0.25) is 0 Å². The Morgan fingerprint density at radius 3 is 2.52 bits per heavy atom. The van der Waals surface area contributed by atoms with Gasteiger partial charge in [0.05, 0.1) is 15.9 Å². The largest absolute Gasteiger partial charge is 0.462 e. The fraction of sp³-hybridized carbons (Fsp3) is 0.529. The first kappa shape index (κ1) is 21.0. The number of carbonyl (C=O) groups excluding carboxylic acids is 2. The van der Waals surface area contributed by atoms with Gasteiger partial charge in [0.1, 0.15) is 6.54 Å². The minimum atomic E-state index is -0.557. The van der Waals surface area contributed by atoms with Crippen molar-refractivity contribution in [1.82, 2.24) is 5.32 Å². The third kappa shape index (κ3) is 7.55. The molecule has 7 nitrogen and oxygen atoms in total. The molecule has 8 heteroatoms. The Bertz CT molecular complexity index is 631. The fourth-order valence-electron chi connectivity index (χ4n) is 1.89. The van der Waals surface area contributed by atoms with Crippen LogP contribution >= 0.6 is 11.8 Å². The summed E-state index contributed by atoms with van der Waals surface area (Å²) in [5, 5.41) is 13.7. The second-order valence-corrected chi connectivity index (χ2v) is 7.33. The van der Waals surface area contributed by atoms with Crippen molar-refractivity contribution in [1.29, 1.82) is 0 Å². The molecule has 0 aliphatic rings. The van der Waals surface area contributed by atoms with Crippen LogP contribution in [0.5, 0.6) is 0 Å². The van der Waals surface area contributed by atoms with Gasteiger partial charge in [-0.2, -0.15) is 0 Å². The Hall–Kier alpha value is -2.09. The molecule has 0 saturated heterocycles. The van der Waals surface area contributed by atoms with Crippen LogP contribution in [0.3, 0.4) is 0 Å². The summed E-state index contributed by atoms with van der Waals surface area (Å²) in [7, 11) is 0. The van der Waals surface area contributed by atoms with Crippen LogP contribution in [-0.4, -0.2) is 35.2 Å². The van der Waals surface area contributed by atoms with Crippen molar-refractivity contribution in [3.63, 3.8) is 0 Å². The van der Waals surface area contributed by atoms with Gasteiger partial charge in [-0.1, -0.05) is 13.8 Å². The number of nitrogens with zero attached hydrogens (tertiary/aromatic N) is 1. The maximum Gasteiger partial charge on any atom is 0.325 e. The van der Waals surface area contributed by atoms with Crippen LogP contribution in [0.25, 0.3) is 0 Å². The van der Waals surface area contributed by atoms with E-state index < -0.39 is 16.8 Å². The molecule has 0 fully saturated rings. The summed E-state index contributed by atoms with van der Waals surface area (Å²) < 4.78 is 4.92. The maximum atomic E-state index is 12.1. The van der Waals surface area contributed by atoms with Crippen LogP contribution in [0.1, 0.15) is 44.5 Å². The van der Waals surface area contributed by atoms with Crippen LogP contribution in [0.15, 0.2) is 23.1 Å². The molecule has 0 spiro atoms. The van der Waals surface area contributed by atoms with E-state index in [4.69, 9.17) is 4.74 Å². The maximum absolute atomic E-state index is 12.1. The van der Waals surface area contributed by atoms with Crippen molar-refractivity contribution >= 4 is 29.3 Å². The van der Waals surface area contributed by atoms with Gasteiger partial charge in [0.25, 0.3) is 11.6 Å². The number of thioether (sulfide) groups is 1. The van der Waals surface area contributed by atoms with E-state index in [1.807, 2.05) is 0 Å². The van der Waals surface area contributed by atoms with Crippen LogP contribution in [-0.2, 0) is 9.53 Å². The van der Waals surface area contributed by atoms with Crippen molar-refractivity contribution in [3.05, 3.63) is 33.9 Å². The van der Waals surface area contributed by atoms with E-state index in [1.54, 1.807) is 19.9 Å². The number of ether oxygens (including phenoxy) is 1. The topological polar surface area (TPSA) is 98.5 Å². The zero-order valence-corrected chi connectivity index (χ0v) is 15.7. The minimum Gasteiger partial charge on any atom is -0.462 e. The summed E-state index contributed by atoms with van der Waals surface area (Å²) in [4.78, 5) is 34.8. The quantitative estimate of drug-likeness (QED) is 0.310. The number of nitro benzene ring substituents is 1. The Morgan fingerprint density at radius 2 is 1.96 bits per heavy atom. The Balaban J connectivity index is 2.77. The van der Waals surface area contributed by atoms with E-state index in [0.717, 1.165) is 12.2 Å². The number of nitrogens with one attached hydrogen (secondary N) is 1. The fourth-order valence-corrected chi connectivity index (χ4v) is 3.14. The Morgan fingerprint density at radius 1 is 1.28 bits per heavy atom. The second kappa shape index (κ2) is 10.0. The minimum absolute atomic E-state index is 0.105. The first-order valence-corrected chi connectivity index (χ1v) is 9.08. The first-order chi connectivity index (χ1) is 11.7. The molecule has 1 N–H and O–H groups in total. The van der Waals surface area contributed by atoms with Crippen molar-refractivity contribution in [2.45, 2.75) is 45.1 Å². The smallest absolute Gasteiger partial charge is 0.325 e. The molecule has 0 heterocycles. The molecule has 25 heavy (non-hydrogen) atoms. The number of esters is 1. The molecule has 0 saturated carbocycles. The first-order valence-electron chi connectivity index (χ1n) is 8.09. The number of hydrogen-bond acceptors (Lipinski definition) is 6. The average molecular weight is 368 g/mol. The standard InChI is InChI=1S/C17H24N2O5S/c1-11(2)7-8-25-15-6-5-13(9-14(15)19(22)23)17(21)18-10-16(20)24-12(3)4/h5-6,9,11-12H,7-8,10H2,1-4H3,(H,18,21). The normalized spacial score (nSPS) is 10.8. The molecular formula is C17H24N2O5S. The lowest BCUT2D eigenvalue weighted by Gasteiger charge is -2.09. The lowest BCUT2D eigenvalue weighted by Crippen LogP contribution is -2.31. The van der Waals surface area contributed by atoms with Gasteiger partial charge in [-0.3, -0.25) is 19.7 Å². The third-order valence-corrected chi connectivity index (χ3v) is 4.23. The number of rotatable bonds is 9. The van der Waals surface area contributed by atoms with Crippen molar-refractivity contribution in [3.8, 4) is 0 Å². The number of benzene rings is 1. The molecule has 0 aliphatic carbocycles. The lowest BCUT2D eigenvalue weighted by molar-refractivity contribution is -0.387. The molecule has 0 atom stereocenters. The van der Waals surface area contributed by atoms with Crippen molar-refractivity contribution < 1.29 is 19.2 Å². The van der Waals surface area contributed by atoms with Crippen LogP contribution < -0.4 is 5.32 Å². The van der Waals surface area contributed by atoms with Gasteiger partial charge < -0.3 is 10.1 Å². The average Bonchev–Trinajstić information content (AvgIpc) is 2.51. The van der Waals surface area contributed by atoms with E-state index in [1.165, 1.54) is 23.9 Å². The zero-order valence-electron chi connectivity index (χ0n) is 14.9. The van der Waals surface area contributed by atoms with Gasteiger partial charge in [0, 0.05) is 11.6 Å². The highest BCUT2D eigenvalue weighted by molar-refractivity contribution is 7.99. The monoisotopic (exact) mass is 368 g/mol. The van der Waals surface area contributed by atoms with Crippen LogP contribution in [0, 0.1) is 16.0 Å². The third-order valence-electron chi connectivity index (χ3n) is 3.13. The second-order valence-electron chi connectivity index (χ2n) is 6.19. The molecule has 0 radical (unpaired) electrons. The van der Waals surface area contributed by atoms with Crippen molar-refractivity contribution in [2.24, 2.45) is 5.92 Å². The number of carbonyl (C=O) groups is 2. The predicted molar refractivity (Wildman–Crippen MR) is 96.8 cm³/mol. The number of hydrogen-bond donors (Lipinski definition) is 1. The van der Waals surface area contributed by atoms with Gasteiger partial charge in [-0.05, 0) is 44.1 Å². The molecule has 1 aromatic carbocycles. The van der Waals surface area contributed by atoms with E-state index in [2.05, 4.69) is 19.2 Å². The molecule has 0 aliphatic heterocycles. The number of nitro groups is 1. The highest BCUT2D eigenvalue weighted by atomic mass is 32.2. The molecule has 1 amide bonds. The van der Waals surface area contributed by atoms with E-state index in [-0.39, 0.29) is 23.9 Å². The van der Waals surface area contributed by atoms with Crippen molar-refractivity contribution in [2.75, 3.05) is 12.3 Å². The molecule has 138 valence electrons. The van der Waals surface area contributed by atoms with Crippen LogP contribution in [0.2, 0.25) is 0 Å². The summed E-state index contributed by atoms with van der Waals surface area (Å²) in [6.45, 7) is 7.31. The molecule has 1 aromatic rings. The zero-order chi connectivity index (χ0) is 19.0. The molecule has 0 aromatic heterocycles. The van der Waals surface area contributed by atoms with Crippen LogP contribution in [0.4, 0.5) is 5.69 Å². The molecule has 0 bridgehead atoms. The Kier molecular flexibility index (Phi) is 8.40. The van der Waals surface area contributed by atoms with Gasteiger partial charge in [0.15, 0.2) is 0 Å². The summed E-state index contributed by atoms with van der Waals surface area (Å²) in [5.74, 6) is 0.175. The Labute approximate surface area is 151 Å². The highest BCUT2D eigenvalue weighted by Crippen LogP contribution is 2.31. The SMILES string of the molecule is CC(C)CCSc1ccc(C(=O)NCC(=O)OC(C)C)cc1[N+](=O)[O-]. The summed E-state index contributed by atoms with van der Waals surface area (Å²) >= 11 is 1.40.